The highest BCUT2D eigenvalue weighted by Crippen LogP contribution is 2.14. The van der Waals surface area contributed by atoms with Gasteiger partial charge >= 0.3 is 0 Å². The van der Waals surface area contributed by atoms with Crippen LogP contribution in [0.25, 0.3) is 5.69 Å². The Morgan fingerprint density at radius 3 is 2.86 bits per heavy atom. The maximum atomic E-state index is 12.5. The van der Waals surface area contributed by atoms with Crippen LogP contribution in [0.1, 0.15) is 17.3 Å². The summed E-state index contributed by atoms with van der Waals surface area (Å²) in [6.45, 7) is 4.37. The second-order valence-electron chi connectivity index (χ2n) is 5.26. The molecule has 1 aliphatic rings. The molecule has 1 amide bonds. The molecule has 1 aromatic carbocycles. The van der Waals surface area contributed by atoms with Crippen molar-refractivity contribution in [2.24, 2.45) is 0 Å². The number of amides is 1. The van der Waals surface area contributed by atoms with Crippen molar-refractivity contribution in [3.8, 4) is 5.69 Å². The monoisotopic (exact) mass is 304 g/mol. The fourth-order valence-electron chi connectivity index (χ4n) is 2.47. The van der Waals surface area contributed by atoms with Crippen molar-refractivity contribution >= 4 is 17.5 Å². The van der Waals surface area contributed by atoms with Gasteiger partial charge in [0, 0.05) is 36.9 Å². The van der Waals surface area contributed by atoms with Crippen LogP contribution in [0.4, 0.5) is 0 Å². The predicted octanol–water partition coefficient (Wildman–Crippen LogP) is 1.96. The summed E-state index contributed by atoms with van der Waals surface area (Å²) in [5.41, 5.74) is 1.49. The van der Waals surface area contributed by atoms with Gasteiger partial charge in [0.05, 0.1) is 17.4 Å². The number of carbonyl (C=O) groups is 1. The maximum Gasteiger partial charge on any atom is 0.257 e. The van der Waals surface area contributed by atoms with Gasteiger partial charge in [-0.2, -0.15) is 5.10 Å². The number of halogens is 1. The molecule has 3 rings (SSSR count). The fourth-order valence-corrected chi connectivity index (χ4v) is 2.59. The summed E-state index contributed by atoms with van der Waals surface area (Å²) >= 11 is 5.87. The number of hydrogen-bond acceptors (Lipinski definition) is 3. The fraction of sp³-hybridized carbons (Fsp3) is 0.333. The van der Waals surface area contributed by atoms with Gasteiger partial charge in [0.25, 0.3) is 5.91 Å². The standard InChI is InChI=1S/C15H17ClN4O/c1-11-9-19(7-6-17-11)15(21)12-8-18-20(10-12)14-4-2-13(16)3-5-14/h2-5,8,10-11,17H,6-7,9H2,1H3. The summed E-state index contributed by atoms with van der Waals surface area (Å²) in [6, 6.07) is 7.68. The van der Waals surface area contributed by atoms with Gasteiger partial charge in [0.2, 0.25) is 0 Å². The average Bonchev–Trinajstić information content (AvgIpc) is 2.97. The molecular weight excluding hydrogens is 288 g/mol. The highest BCUT2D eigenvalue weighted by Gasteiger charge is 2.22. The first-order chi connectivity index (χ1) is 10.1. The topological polar surface area (TPSA) is 50.2 Å². The zero-order valence-electron chi connectivity index (χ0n) is 11.8. The van der Waals surface area contributed by atoms with Gasteiger partial charge < -0.3 is 10.2 Å². The highest BCUT2D eigenvalue weighted by atomic mass is 35.5. The van der Waals surface area contributed by atoms with Crippen molar-refractivity contribution in [3.05, 3.63) is 47.2 Å². The first-order valence-electron chi connectivity index (χ1n) is 6.97. The Kier molecular flexibility index (Phi) is 3.94. The summed E-state index contributed by atoms with van der Waals surface area (Å²) in [4.78, 5) is 14.3. The van der Waals surface area contributed by atoms with Crippen LogP contribution in [0.3, 0.4) is 0 Å². The molecule has 0 saturated carbocycles. The van der Waals surface area contributed by atoms with E-state index in [9.17, 15) is 4.79 Å². The number of rotatable bonds is 2. The number of benzene rings is 1. The maximum absolute atomic E-state index is 12.5. The summed E-state index contributed by atoms with van der Waals surface area (Å²) in [5, 5.41) is 8.27. The SMILES string of the molecule is CC1CN(C(=O)c2cnn(-c3ccc(Cl)cc3)c2)CCN1. The molecule has 1 saturated heterocycles. The molecule has 2 aromatic rings. The van der Waals surface area contributed by atoms with Gasteiger partial charge in [-0.1, -0.05) is 11.6 Å². The number of aromatic nitrogens is 2. The first-order valence-corrected chi connectivity index (χ1v) is 7.34. The first kappa shape index (κ1) is 14.1. The molecule has 0 spiro atoms. The quantitative estimate of drug-likeness (QED) is 0.923. The number of piperazine rings is 1. The Morgan fingerprint density at radius 1 is 1.38 bits per heavy atom. The van der Waals surface area contributed by atoms with Crippen LogP contribution in [0, 0.1) is 0 Å². The summed E-state index contributed by atoms with van der Waals surface area (Å²) < 4.78 is 1.69. The predicted molar refractivity (Wildman–Crippen MR) is 81.9 cm³/mol. The molecule has 1 fully saturated rings. The minimum absolute atomic E-state index is 0.0311. The van der Waals surface area contributed by atoms with Crippen LogP contribution in [0.2, 0.25) is 5.02 Å². The van der Waals surface area contributed by atoms with E-state index in [1.54, 1.807) is 29.2 Å². The largest absolute Gasteiger partial charge is 0.336 e. The zero-order valence-corrected chi connectivity index (χ0v) is 12.5. The average molecular weight is 305 g/mol. The highest BCUT2D eigenvalue weighted by molar-refractivity contribution is 6.30. The number of nitrogens with zero attached hydrogens (tertiary/aromatic N) is 3. The summed E-state index contributed by atoms with van der Waals surface area (Å²) in [6.07, 6.45) is 3.38. The van der Waals surface area contributed by atoms with Crippen molar-refractivity contribution in [2.45, 2.75) is 13.0 Å². The van der Waals surface area contributed by atoms with Crippen molar-refractivity contribution in [2.75, 3.05) is 19.6 Å². The van der Waals surface area contributed by atoms with Gasteiger partial charge in [0.1, 0.15) is 0 Å². The molecule has 110 valence electrons. The third kappa shape index (κ3) is 3.09. The Hall–Kier alpha value is -1.85. The second kappa shape index (κ2) is 5.87. The molecule has 21 heavy (non-hydrogen) atoms. The second-order valence-corrected chi connectivity index (χ2v) is 5.69. The third-order valence-electron chi connectivity index (χ3n) is 3.58. The number of hydrogen-bond donors (Lipinski definition) is 1. The van der Waals surface area contributed by atoms with E-state index in [1.807, 2.05) is 17.0 Å². The van der Waals surface area contributed by atoms with E-state index < -0.39 is 0 Å². The van der Waals surface area contributed by atoms with E-state index in [2.05, 4.69) is 17.3 Å². The molecule has 0 bridgehead atoms. The van der Waals surface area contributed by atoms with Crippen molar-refractivity contribution in [3.63, 3.8) is 0 Å². The number of carbonyl (C=O) groups excluding carboxylic acids is 1. The summed E-state index contributed by atoms with van der Waals surface area (Å²) in [7, 11) is 0. The number of nitrogens with one attached hydrogen (secondary N) is 1. The minimum atomic E-state index is 0.0311. The molecule has 0 radical (unpaired) electrons. The Labute approximate surface area is 128 Å². The third-order valence-corrected chi connectivity index (χ3v) is 3.83. The van der Waals surface area contributed by atoms with Crippen molar-refractivity contribution < 1.29 is 4.79 Å². The molecule has 2 heterocycles. The van der Waals surface area contributed by atoms with E-state index in [4.69, 9.17) is 11.6 Å². The van der Waals surface area contributed by atoms with Gasteiger partial charge in [-0.15, -0.1) is 0 Å². The Bertz CT molecular complexity index is 637. The van der Waals surface area contributed by atoms with E-state index >= 15 is 0 Å². The van der Waals surface area contributed by atoms with E-state index in [-0.39, 0.29) is 5.91 Å². The van der Waals surface area contributed by atoms with Crippen molar-refractivity contribution in [1.82, 2.24) is 20.0 Å². The van der Waals surface area contributed by atoms with Crippen LogP contribution in [0.5, 0.6) is 0 Å². The van der Waals surface area contributed by atoms with Crippen LogP contribution < -0.4 is 5.32 Å². The van der Waals surface area contributed by atoms with Crippen molar-refractivity contribution in [1.29, 1.82) is 0 Å². The molecule has 1 aliphatic heterocycles. The van der Waals surface area contributed by atoms with Gasteiger partial charge in [0.15, 0.2) is 0 Å². The lowest BCUT2D eigenvalue weighted by Crippen LogP contribution is -2.51. The molecule has 6 heteroatoms. The van der Waals surface area contributed by atoms with Gasteiger partial charge in [-0.25, -0.2) is 4.68 Å². The smallest absolute Gasteiger partial charge is 0.257 e. The Morgan fingerprint density at radius 2 is 2.14 bits per heavy atom. The Balaban J connectivity index is 1.78. The summed E-state index contributed by atoms with van der Waals surface area (Å²) in [5.74, 6) is 0.0311. The lowest BCUT2D eigenvalue weighted by atomic mass is 10.2. The van der Waals surface area contributed by atoms with Crippen LogP contribution in [-0.2, 0) is 0 Å². The molecule has 1 unspecified atom stereocenters. The van der Waals surface area contributed by atoms with Crippen LogP contribution in [0.15, 0.2) is 36.7 Å². The van der Waals surface area contributed by atoms with E-state index in [0.717, 1.165) is 25.3 Å². The molecular formula is C15H17ClN4O. The van der Waals surface area contributed by atoms with Gasteiger partial charge in [-0.05, 0) is 31.2 Å². The lowest BCUT2D eigenvalue weighted by Gasteiger charge is -2.31. The zero-order chi connectivity index (χ0) is 14.8. The van der Waals surface area contributed by atoms with Gasteiger partial charge in [-0.3, -0.25) is 4.79 Å². The molecule has 0 aliphatic carbocycles. The molecule has 1 N–H and O–H groups in total. The van der Waals surface area contributed by atoms with E-state index in [0.29, 0.717) is 16.6 Å². The normalized spacial score (nSPS) is 18.8. The van der Waals surface area contributed by atoms with E-state index in [1.165, 1.54) is 0 Å². The minimum Gasteiger partial charge on any atom is -0.336 e. The van der Waals surface area contributed by atoms with Crippen LogP contribution >= 0.6 is 11.6 Å². The van der Waals surface area contributed by atoms with Crippen LogP contribution in [-0.4, -0.2) is 46.3 Å². The lowest BCUT2D eigenvalue weighted by molar-refractivity contribution is 0.0709. The molecule has 1 atom stereocenters. The molecule has 5 nitrogen and oxygen atoms in total. The molecule has 1 aromatic heterocycles.